The van der Waals surface area contributed by atoms with Gasteiger partial charge in [0.1, 0.15) is 5.75 Å². The van der Waals surface area contributed by atoms with Crippen LogP contribution in [-0.4, -0.2) is 12.8 Å². The number of para-hydroxylation sites is 1. The highest BCUT2D eigenvalue weighted by Gasteiger charge is 2.00. The molecular formula is C16H16Cl2N2O. The number of anilines is 1. The predicted octanol–water partition coefficient (Wildman–Crippen LogP) is 5.23. The molecule has 2 aromatic rings. The molecule has 0 saturated heterocycles. The lowest BCUT2D eigenvalue weighted by Gasteiger charge is -2.07. The highest BCUT2D eigenvalue weighted by molar-refractivity contribution is 6.42. The second-order valence-corrected chi connectivity index (χ2v) is 5.20. The van der Waals surface area contributed by atoms with Crippen molar-refractivity contribution in [2.45, 2.75) is 13.3 Å². The summed E-state index contributed by atoms with van der Waals surface area (Å²) in [7, 11) is 0. The molecule has 0 bridgehead atoms. The molecule has 0 aliphatic carbocycles. The summed E-state index contributed by atoms with van der Waals surface area (Å²) in [6, 6.07) is 13.0. The van der Waals surface area contributed by atoms with Crippen molar-refractivity contribution in [2.75, 3.05) is 12.0 Å². The summed E-state index contributed by atoms with van der Waals surface area (Å²) in [6.45, 7) is 2.76. The van der Waals surface area contributed by atoms with E-state index in [0.29, 0.717) is 16.7 Å². The Hall–Kier alpha value is -1.71. The number of hydrogen-bond donors (Lipinski definition) is 1. The molecule has 5 heteroatoms. The number of halogens is 2. The molecule has 0 heterocycles. The fourth-order valence-electron chi connectivity index (χ4n) is 1.67. The normalized spacial score (nSPS) is 10.8. The Morgan fingerprint density at radius 2 is 1.95 bits per heavy atom. The Bertz CT molecular complexity index is 629. The first-order valence-corrected chi connectivity index (χ1v) is 7.42. The molecule has 0 atom stereocenters. The SMILES string of the molecule is CCCOc1ccccc1C=NNc1ccc(Cl)c(Cl)c1. The summed E-state index contributed by atoms with van der Waals surface area (Å²) in [4.78, 5) is 0. The predicted molar refractivity (Wildman–Crippen MR) is 89.9 cm³/mol. The molecule has 0 aliphatic heterocycles. The molecule has 21 heavy (non-hydrogen) atoms. The van der Waals surface area contributed by atoms with E-state index in [9.17, 15) is 0 Å². The first kappa shape index (κ1) is 15.7. The number of hydrazone groups is 1. The molecule has 0 amide bonds. The van der Waals surface area contributed by atoms with E-state index in [1.165, 1.54) is 0 Å². The molecule has 0 aliphatic rings. The van der Waals surface area contributed by atoms with Crippen LogP contribution in [-0.2, 0) is 0 Å². The zero-order valence-electron chi connectivity index (χ0n) is 11.6. The first-order chi connectivity index (χ1) is 10.2. The van der Waals surface area contributed by atoms with Gasteiger partial charge in [0.05, 0.1) is 28.6 Å². The van der Waals surface area contributed by atoms with Crippen LogP contribution in [0.5, 0.6) is 5.75 Å². The van der Waals surface area contributed by atoms with Crippen molar-refractivity contribution in [1.82, 2.24) is 0 Å². The molecule has 3 nitrogen and oxygen atoms in total. The maximum Gasteiger partial charge on any atom is 0.128 e. The lowest BCUT2D eigenvalue weighted by atomic mass is 10.2. The highest BCUT2D eigenvalue weighted by Crippen LogP contribution is 2.25. The molecule has 0 unspecified atom stereocenters. The summed E-state index contributed by atoms with van der Waals surface area (Å²) in [6.07, 6.45) is 2.68. The molecule has 0 fully saturated rings. The summed E-state index contributed by atoms with van der Waals surface area (Å²) >= 11 is 11.8. The Kier molecular flexibility index (Phi) is 5.90. The van der Waals surface area contributed by atoms with Gasteiger partial charge in [0.25, 0.3) is 0 Å². The van der Waals surface area contributed by atoms with Crippen molar-refractivity contribution in [2.24, 2.45) is 5.10 Å². The minimum absolute atomic E-state index is 0.489. The summed E-state index contributed by atoms with van der Waals surface area (Å²) in [5.41, 5.74) is 4.60. The first-order valence-electron chi connectivity index (χ1n) is 6.66. The van der Waals surface area contributed by atoms with E-state index in [4.69, 9.17) is 27.9 Å². The van der Waals surface area contributed by atoms with Crippen LogP contribution < -0.4 is 10.2 Å². The van der Waals surface area contributed by atoms with Gasteiger partial charge in [-0.25, -0.2) is 0 Å². The fourth-order valence-corrected chi connectivity index (χ4v) is 1.97. The van der Waals surface area contributed by atoms with E-state index in [0.717, 1.165) is 23.4 Å². The number of rotatable bonds is 6. The fraction of sp³-hybridized carbons (Fsp3) is 0.188. The molecule has 110 valence electrons. The van der Waals surface area contributed by atoms with Crippen LogP contribution in [0.1, 0.15) is 18.9 Å². The Balaban J connectivity index is 2.05. The smallest absolute Gasteiger partial charge is 0.128 e. The number of nitrogens with zero attached hydrogens (tertiary/aromatic N) is 1. The lowest BCUT2D eigenvalue weighted by Crippen LogP contribution is -1.99. The third-order valence-electron chi connectivity index (χ3n) is 2.70. The van der Waals surface area contributed by atoms with Gasteiger partial charge >= 0.3 is 0 Å². The van der Waals surface area contributed by atoms with Gasteiger partial charge in [-0.2, -0.15) is 5.10 Å². The zero-order valence-corrected chi connectivity index (χ0v) is 13.2. The molecule has 0 aromatic heterocycles. The van der Waals surface area contributed by atoms with Gasteiger partial charge in [0, 0.05) is 5.56 Å². The number of hydrogen-bond acceptors (Lipinski definition) is 3. The maximum atomic E-state index is 5.95. The monoisotopic (exact) mass is 322 g/mol. The van der Waals surface area contributed by atoms with Crippen LogP contribution in [0.25, 0.3) is 0 Å². The van der Waals surface area contributed by atoms with Gasteiger partial charge in [-0.1, -0.05) is 42.3 Å². The van der Waals surface area contributed by atoms with Gasteiger partial charge in [0.15, 0.2) is 0 Å². The Morgan fingerprint density at radius 1 is 1.14 bits per heavy atom. The molecule has 2 aromatic carbocycles. The van der Waals surface area contributed by atoms with E-state index in [-0.39, 0.29) is 0 Å². The summed E-state index contributed by atoms with van der Waals surface area (Å²) in [5, 5.41) is 5.20. The van der Waals surface area contributed by atoms with Crippen LogP contribution in [0, 0.1) is 0 Å². The van der Waals surface area contributed by atoms with Crippen molar-refractivity contribution in [3.63, 3.8) is 0 Å². The van der Waals surface area contributed by atoms with E-state index in [1.807, 2.05) is 30.3 Å². The van der Waals surface area contributed by atoms with E-state index >= 15 is 0 Å². The standard InChI is InChI=1S/C16H16Cl2N2O/c1-2-9-21-16-6-4-3-5-12(16)11-19-20-13-7-8-14(17)15(18)10-13/h3-8,10-11,20H,2,9H2,1H3. The second kappa shape index (κ2) is 7.91. The van der Waals surface area contributed by atoms with Crippen LogP contribution in [0.2, 0.25) is 10.0 Å². The quantitative estimate of drug-likeness (QED) is 0.583. The average molecular weight is 323 g/mol. The number of nitrogens with one attached hydrogen (secondary N) is 1. The minimum Gasteiger partial charge on any atom is -0.493 e. The Labute approximate surface area is 134 Å². The maximum absolute atomic E-state index is 5.95. The van der Waals surface area contributed by atoms with Gasteiger partial charge in [-0.3, -0.25) is 5.43 Å². The van der Waals surface area contributed by atoms with Crippen LogP contribution in [0.15, 0.2) is 47.6 Å². The van der Waals surface area contributed by atoms with Crippen LogP contribution >= 0.6 is 23.2 Å². The largest absolute Gasteiger partial charge is 0.493 e. The highest BCUT2D eigenvalue weighted by atomic mass is 35.5. The van der Waals surface area contributed by atoms with Crippen LogP contribution in [0.3, 0.4) is 0 Å². The number of ether oxygens (including phenoxy) is 1. The molecule has 2 rings (SSSR count). The van der Waals surface area contributed by atoms with Gasteiger partial charge in [-0.05, 0) is 36.8 Å². The van der Waals surface area contributed by atoms with Gasteiger partial charge in [0.2, 0.25) is 0 Å². The molecular weight excluding hydrogens is 307 g/mol. The zero-order chi connectivity index (χ0) is 15.1. The van der Waals surface area contributed by atoms with Crippen molar-refractivity contribution in [3.8, 4) is 5.75 Å². The molecule has 0 saturated carbocycles. The third kappa shape index (κ3) is 4.66. The summed E-state index contributed by atoms with van der Waals surface area (Å²) in [5.74, 6) is 0.819. The minimum atomic E-state index is 0.489. The number of benzene rings is 2. The van der Waals surface area contributed by atoms with Gasteiger partial charge < -0.3 is 4.74 Å². The second-order valence-electron chi connectivity index (χ2n) is 4.39. The van der Waals surface area contributed by atoms with Crippen molar-refractivity contribution in [3.05, 3.63) is 58.1 Å². The van der Waals surface area contributed by atoms with E-state index in [2.05, 4.69) is 17.5 Å². The average Bonchev–Trinajstić information content (AvgIpc) is 2.50. The molecule has 1 N–H and O–H groups in total. The van der Waals surface area contributed by atoms with E-state index < -0.39 is 0 Å². The third-order valence-corrected chi connectivity index (χ3v) is 3.44. The van der Waals surface area contributed by atoms with Crippen molar-refractivity contribution in [1.29, 1.82) is 0 Å². The molecule has 0 spiro atoms. The Morgan fingerprint density at radius 3 is 2.71 bits per heavy atom. The van der Waals surface area contributed by atoms with E-state index in [1.54, 1.807) is 18.3 Å². The van der Waals surface area contributed by atoms with Crippen LogP contribution in [0.4, 0.5) is 5.69 Å². The van der Waals surface area contributed by atoms with Crippen molar-refractivity contribution < 1.29 is 4.74 Å². The topological polar surface area (TPSA) is 33.6 Å². The lowest BCUT2D eigenvalue weighted by molar-refractivity contribution is 0.317. The van der Waals surface area contributed by atoms with Crippen molar-refractivity contribution >= 4 is 35.1 Å². The van der Waals surface area contributed by atoms with Gasteiger partial charge in [-0.15, -0.1) is 0 Å². The molecule has 0 radical (unpaired) electrons. The summed E-state index contributed by atoms with van der Waals surface area (Å²) < 4.78 is 5.67.